The van der Waals surface area contributed by atoms with Gasteiger partial charge in [-0.15, -0.1) is 0 Å². The van der Waals surface area contributed by atoms with Crippen molar-refractivity contribution < 1.29 is 9.90 Å². The summed E-state index contributed by atoms with van der Waals surface area (Å²) in [6.07, 6.45) is 2.08. The molecule has 0 bridgehead atoms. The van der Waals surface area contributed by atoms with E-state index in [0.29, 0.717) is 12.5 Å². The Hall–Kier alpha value is -0.570. The first kappa shape index (κ1) is 12.4. The summed E-state index contributed by atoms with van der Waals surface area (Å²) in [5, 5.41) is 12.0. The first-order valence-corrected chi connectivity index (χ1v) is 4.84. The van der Waals surface area contributed by atoms with Crippen molar-refractivity contribution in [3.8, 4) is 0 Å². The van der Waals surface area contributed by atoms with Crippen LogP contribution < -0.4 is 5.32 Å². The van der Waals surface area contributed by atoms with E-state index in [9.17, 15) is 9.90 Å². The molecule has 0 aromatic heterocycles. The van der Waals surface area contributed by atoms with Crippen molar-refractivity contribution in [2.45, 2.75) is 46.1 Å². The summed E-state index contributed by atoms with van der Waals surface area (Å²) in [5.41, 5.74) is -1.25. The molecular weight excluding hydrogens is 166 g/mol. The van der Waals surface area contributed by atoms with Crippen LogP contribution in [0.4, 0.5) is 0 Å². The minimum atomic E-state index is -1.25. The molecule has 0 saturated carbocycles. The molecule has 0 fully saturated rings. The third-order valence-electron chi connectivity index (χ3n) is 1.80. The van der Waals surface area contributed by atoms with Crippen LogP contribution in [0.1, 0.15) is 40.5 Å². The van der Waals surface area contributed by atoms with Crippen molar-refractivity contribution in [1.29, 1.82) is 0 Å². The van der Waals surface area contributed by atoms with Crippen LogP contribution in [0.5, 0.6) is 0 Å². The monoisotopic (exact) mass is 187 g/mol. The predicted octanol–water partition coefficient (Wildman–Crippen LogP) is 1.31. The highest BCUT2D eigenvalue weighted by Gasteiger charge is 2.22. The molecule has 0 atom stereocenters. The first-order chi connectivity index (χ1) is 5.84. The predicted molar refractivity (Wildman–Crippen MR) is 53.4 cm³/mol. The van der Waals surface area contributed by atoms with Gasteiger partial charge in [0.25, 0.3) is 5.91 Å². The fourth-order valence-corrected chi connectivity index (χ4v) is 0.929. The minimum absolute atomic E-state index is 0.295. The van der Waals surface area contributed by atoms with Crippen LogP contribution in [0.25, 0.3) is 0 Å². The Morgan fingerprint density at radius 2 is 2.00 bits per heavy atom. The lowest BCUT2D eigenvalue weighted by Crippen LogP contribution is -2.42. The molecule has 0 aliphatic rings. The Morgan fingerprint density at radius 3 is 2.38 bits per heavy atom. The van der Waals surface area contributed by atoms with E-state index < -0.39 is 5.60 Å². The zero-order valence-electron chi connectivity index (χ0n) is 9.05. The van der Waals surface area contributed by atoms with Gasteiger partial charge >= 0.3 is 0 Å². The molecule has 3 nitrogen and oxygen atoms in total. The summed E-state index contributed by atoms with van der Waals surface area (Å²) < 4.78 is 0. The molecule has 1 amide bonds. The number of amides is 1. The molecule has 0 aromatic rings. The Kier molecular flexibility index (Phi) is 4.99. The molecule has 2 N–H and O–H groups in total. The molecule has 0 spiro atoms. The van der Waals surface area contributed by atoms with Crippen LogP contribution in [0, 0.1) is 5.92 Å². The minimum Gasteiger partial charge on any atom is -0.381 e. The number of nitrogens with one attached hydrogen (secondary N) is 1. The lowest BCUT2D eigenvalue weighted by atomic mass is 10.1. The number of hydrogen-bond donors (Lipinski definition) is 2. The standard InChI is InChI=1S/C10H21NO2/c1-8(2)6-5-7-11-9(12)10(3,4)13/h8,13H,5-7H2,1-4H3,(H,11,12). The second-order valence-corrected chi connectivity index (χ2v) is 4.35. The van der Waals surface area contributed by atoms with E-state index >= 15 is 0 Å². The van der Waals surface area contributed by atoms with Gasteiger partial charge < -0.3 is 10.4 Å². The highest BCUT2D eigenvalue weighted by Crippen LogP contribution is 2.03. The van der Waals surface area contributed by atoms with Crippen LogP contribution in [0.3, 0.4) is 0 Å². The smallest absolute Gasteiger partial charge is 0.251 e. The summed E-state index contributed by atoms with van der Waals surface area (Å²) in [6.45, 7) is 7.94. The Morgan fingerprint density at radius 1 is 1.46 bits per heavy atom. The molecule has 0 heterocycles. The van der Waals surface area contributed by atoms with Gasteiger partial charge in [0.2, 0.25) is 0 Å². The maximum absolute atomic E-state index is 11.1. The molecule has 0 radical (unpaired) electrons. The van der Waals surface area contributed by atoms with Gasteiger partial charge in [-0.3, -0.25) is 4.79 Å². The van der Waals surface area contributed by atoms with Crippen LogP contribution in [-0.4, -0.2) is 23.2 Å². The van der Waals surface area contributed by atoms with Crippen molar-refractivity contribution in [3.63, 3.8) is 0 Å². The van der Waals surface area contributed by atoms with Gasteiger partial charge in [0.1, 0.15) is 5.60 Å². The number of hydrogen-bond acceptors (Lipinski definition) is 2. The Balaban J connectivity index is 3.49. The maximum atomic E-state index is 11.1. The zero-order valence-corrected chi connectivity index (χ0v) is 9.05. The lowest BCUT2D eigenvalue weighted by Gasteiger charge is -2.16. The van der Waals surface area contributed by atoms with E-state index in [2.05, 4.69) is 19.2 Å². The van der Waals surface area contributed by atoms with E-state index in [1.807, 2.05) is 0 Å². The van der Waals surface area contributed by atoms with E-state index in [4.69, 9.17) is 0 Å². The molecule has 0 saturated heterocycles. The van der Waals surface area contributed by atoms with Gasteiger partial charge in [0, 0.05) is 6.54 Å². The van der Waals surface area contributed by atoms with E-state index in [1.165, 1.54) is 13.8 Å². The third kappa shape index (κ3) is 6.58. The van der Waals surface area contributed by atoms with E-state index in [-0.39, 0.29) is 5.91 Å². The maximum Gasteiger partial charge on any atom is 0.251 e. The normalized spacial score (nSPS) is 11.8. The molecule has 3 heteroatoms. The molecule has 78 valence electrons. The van der Waals surface area contributed by atoms with Crippen LogP contribution in [0.15, 0.2) is 0 Å². The number of aliphatic hydroxyl groups is 1. The van der Waals surface area contributed by atoms with Gasteiger partial charge in [-0.1, -0.05) is 13.8 Å². The second-order valence-electron chi connectivity index (χ2n) is 4.35. The fraction of sp³-hybridized carbons (Fsp3) is 0.900. The third-order valence-corrected chi connectivity index (χ3v) is 1.80. The summed E-state index contributed by atoms with van der Waals surface area (Å²) in [6, 6.07) is 0. The topological polar surface area (TPSA) is 49.3 Å². The molecule has 0 aliphatic heterocycles. The number of carbonyl (C=O) groups is 1. The summed E-state index contributed by atoms with van der Waals surface area (Å²) in [4.78, 5) is 11.1. The highest BCUT2D eigenvalue weighted by molar-refractivity contribution is 5.83. The highest BCUT2D eigenvalue weighted by atomic mass is 16.3. The average molecular weight is 187 g/mol. The van der Waals surface area contributed by atoms with Crippen LogP contribution in [0.2, 0.25) is 0 Å². The summed E-state index contributed by atoms with van der Waals surface area (Å²) in [5.74, 6) is 0.371. The SMILES string of the molecule is CC(C)CCCNC(=O)C(C)(C)O. The van der Waals surface area contributed by atoms with Crippen molar-refractivity contribution in [2.75, 3.05) is 6.54 Å². The van der Waals surface area contributed by atoms with Gasteiger partial charge in [-0.2, -0.15) is 0 Å². The summed E-state index contributed by atoms with van der Waals surface area (Å²) >= 11 is 0. The quantitative estimate of drug-likeness (QED) is 0.637. The molecule has 0 aliphatic carbocycles. The number of carbonyl (C=O) groups excluding carboxylic acids is 1. The van der Waals surface area contributed by atoms with Gasteiger partial charge in [0.05, 0.1) is 0 Å². The van der Waals surface area contributed by atoms with Crippen LogP contribution in [-0.2, 0) is 4.79 Å². The van der Waals surface area contributed by atoms with Crippen molar-refractivity contribution in [1.82, 2.24) is 5.32 Å². The fourth-order valence-electron chi connectivity index (χ4n) is 0.929. The Labute approximate surface area is 80.5 Å². The van der Waals surface area contributed by atoms with Crippen LogP contribution >= 0.6 is 0 Å². The van der Waals surface area contributed by atoms with Crippen molar-refractivity contribution in [2.24, 2.45) is 5.92 Å². The van der Waals surface area contributed by atoms with Gasteiger partial charge in [-0.25, -0.2) is 0 Å². The van der Waals surface area contributed by atoms with Crippen molar-refractivity contribution in [3.05, 3.63) is 0 Å². The Bertz CT molecular complexity index is 159. The van der Waals surface area contributed by atoms with E-state index in [0.717, 1.165) is 12.8 Å². The molecule has 0 rings (SSSR count). The van der Waals surface area contributed by atoms with Gasteiger partial charge in [0.15, 0.2) is 0 Å². The zero-order chi connectivity index (χ0) is 10.5. The van der Waals surface area contributed by atoms with Crippen molar-refractivity contribution >= 4 is 5.91 Å². The number of rotatable bonds is 5. The average Bonchev–Trinajstić information content (AvgIpc) is 1.95. The second kappa shape index (κ2) is 5.22. The molecular formula is C10H21NO2. The largest absolute Gasteiger partial charge is 0.381 e. The lowest BCUT2D eigenvalue weighted by molar-refractivity contribution is -0.136. The molecule has 0 aromatic carbocycles. The molecule has 13 heavy (non-hydrogen) atoms. The summed E-state index contributed by atoms with van der Waals surface area (Å²) in [7, 11) is 0. The first-order valence-electron chi connectivity index (χ1n) is 4.84. The van der Waals surface area contributed by atoms with E-state index in [1.54, 1.807) is 0 Å². The van der Waals surface area contributed by atoms with Gasteiger partial charge in [-0.05, 0) is 32.6 Å². The molecule has 0 unspecified atom stereocenters.